The van der Waals surface area contributed by atoms with E-state index in [1.807, 2.05) is 18.2 Å². The van der Waals surface area contributed by atoms with E-state index in [0.29, 0.717) is 0 Å². The smallest absolute Gasteiger partial charge is 0.138 e. The van der Waals surface area contributed by atoms with Crippen molar-refractivity contribution in [1.82, 2.24) is 9.97 Å². The number of fused-ring (bicyclic) bond motifs is 1. The van der Waals surface area contributed by atoms with E-state index in [1.54, 1.807) is 6.33 Å². The van der Waals surface area contributed by atoms with Crippen LogP contribution in [0.4, 0.5) is 23.0 Å². The second-order valence-electron chi connectivity index (χ2n) is 6.09. The fraction of sp³-hybridized carbons (Fsp3) is 0.200. The third kappa shape index (κ3) is 2.83. The summed E-state index contributed by atoms with van der Waals surface area (Å²) in [4.78, 5) is 11.2. The van der Waals surface area contributed by atoms with Crippen LogP contribution in [0.1, 0.15) is 17.5 Å². The molecule has 0 spiro atoms. The van der Waals surface area contributed by atoms with Crippen LogP contribution in [-0.4, -0.2) is 16.5 Å². The number of para-hydroxylation sites is 2. The number of rotatable bonds is 3. The molecule has 1 N–H and O–H groups in total. The van der Waals surface area contributed by atoms with Crippen molar-refractivity contribution in [1.29, 1.82) is 0 Å². The van der Waals surface area contributed by atoms with Crippen LogP contribution in [-0.2, 0) is 6.42 Å². The van der Waals surface area contributed by atoms with Crippen LogP contribution in [0.3, 0.4) is 0 Å². The van der Waals surface area contributed by atoms with Crippen LogP contribution >= 0.6 is 0 Å². The lowest BCUT2D eigenvalue weighted by Crippen LogP contribution is -2.25. The Balaban J connectivity index is 1.65. The molecule has 0 radical (unpaired) electrons. The van der Waals surface area contributed by atoms with Crippen molar-refractivity contribution in [2.45, 2.75) is 19.8 Å². The molecule has 2 aromatic carbocycles. The van der Waals surface area contributed by atoms with E-state index in [1.165, 1.54) is 16.8 Å². The Hall–Kier alpha value is -2.88. The number of anilines is 4. The third-order valence-corrected chi connectivity index (χ3v) is 4.45. The van der Waals surface area contributed by atoms with Gasteiger partial charge in [-0.15, -0.1) is 0 Å². The topological polar surface area (TPSA) is 41.0 Å². The molecule has 3 aromatic rings. The Bertz CT molecular complexity index is 860. The average molecular weight is 316 g/mol. The Morgan fingerprint density at radius 2 is 1.83 bits per heavy atom. The van der Waals surface area contributed by atoms with Gasteiger partial charge in [-0.2, -0.15) is 0 Å². The van der Waals surface area contributed by atoms with E-state index in [9.17, 15) is 0 Å². The Morgan fingerprint density at radius 1 is 1.00 bits per heavy atom. The molecule has 1 aliphatic heterocycles. The van der Waals surface area contributed by atoms with Gasteiger partial charge in [0.15, 0.2) is 0 Å². The zero-order valence-electron chi connectivity index (χ0n) is 13.7. The van der Waals surface area contributed by atoms with E-state index >= 15 is 0 Å². The highest BCUT2D eigenvalue weighted by atomic mass is 15.2. The number of aromatic nitrogens is 2. The fourth-order valence-corrected chi connectivity index (χ4v) is 3.19. The number of aryl methyl sites for hydroxylation is 2. The van der Waals surface area contributed by atoms with E-state index < -0.39 is 0 Å². The van der Waals surface area contributed by atoms with Crippen LogP contribution in [0.5, 0.6) is 0 Å². The SMILES string of the molecule is Cc1ccccc1Nc1cc(N2CCCc3ccccc32)ncn1. The summed E-state index contributed by atoms with van der Waals surface area (Å²) in [5.74, 6) is 1.76. The number of hydrogen-bond acceptors (Lipinski definition) is 4. The van der Waals surface area contributed by atoms with Crippen molar-refractivity contribution in [2.75, 3.05) is 16.8 Å². The number of nitrogens with zero attached hydrogens (tertiary/aromatic N) is 3. The zero-order valence-corrected chi connectivity index (χ0v) is 13.7. The molecule has 0 saturated heterocycles. The van der Waals surface area contributed by atoms with Gasteiger partial charge in [-0.3, -0.25) is 0 Å². The summed E-state index contributed by atoms with van der Waals surface area (Å²) < 4.78 is 0. The maximum Gasteiger partial charge on any atom is 0.138 e. The first kappa shape index (κ1) is 14.7. The Kier molecular flexibility index (Phi) is 3.87. The molecule has 4 heteroatoms. The molecule has 4 nitrogen and oxygen atoms in total. The molecule has 120 valence electrons. The lowest BCUT2D eigenvalue weighted by Gasteiger charge is -2.30. The summed E-state index contributed by atoms with van der Waals surface area (Å²) in [5.41, 5.74) is 4.90. The molecule has 24 heavy (non-hydrogen) atoms. The van der Waals surface area contributed by atoms with Gasteiger partial charge in [0.1, 0.15) is 18.0 Å². The van der Waals surface area contributed by atoms with Crippen molar-refractivity contribution >= 4 is 23.0 Å². The summed E-state index contributed by atoms with van der Waals surface area (Å²) in [6, 6.07) is 18.8. The summed E-state index contributed by atoms with van der Waals surface area (Å²) in [6.07, 6.45) is 3.90. The molecular weight excluding hydrogens is 296 g/mol. The van der Waals surface area contributed by atoms with Gasteiger partial charge in [-0.25, -0.2) is 9.97 Å². The molecule has 0 bridgehead atoms. The highest BCUT2D eigenvalue weighted by Crippen LogP contribution is 2.33. The molecule has 0 fully saturated rings. The minimum Gasteiger partial charge on any atom is -0.340 e. The first-order chi connectivity index (χ1) is 11.8. The van der Waals surface area contributed by atoms with E-state index in [4.69, 9.17) is 0 Å². The molecule has 1 aliphatic rings. The van der Waals surface area contributed by atoms with E-state index in [-0.39, 0.29) is 0 Å². The van der Waals surface area contributed by atoms with Gasteiger partial charge >= 0.3 is 0 Å². The molecule has 4 rings (SSSR count). The molecule has 2 heterocycles. The van der Waals surface area contributed by atoms with Gasteiger partial charge < -0.3 is 10.2 Å². The van der Waals surface area contributed by atoms with Crippen LogP contribution in [0.15, 0.2) is 60.9 Å². The first-order valence-corrected chi connectivity index (χ1v) is 8.31. The predicted molar refractivity (Wildman–Crippen MR) is 98.3 cm³/mol. The largest absolute Gasteiger partial charge is 0.340 e. The van der Waals surface area contributed by atoms with Gasteiger partial charge in [0.25, 0.3) is 0 Å². The van der Waals surface area contributed by atoms with Crippen molar-refractivity contribution in [3.63, 3.8) is 0 Å². The van der Waals surface area contributed by atoms with Crippen LogP contribution in [0.25, 0.3) is 0 Å². The maximum atomic E-state index is 4.50. The van der Waals surface area contributed by atoms with Gasteiger partial charge in [0.2, 0.25) is 0 Å². The van der Waals surface area contributed by atoms with Crippen molar-refractivity contribution in [3.05, 3.63) is 72.1 Å². The standard InChI is InChI=1S/C20H20N4/c1-15-7-2-4-10-17(15)23-19-13-20(22-14-21-19)24-12-6-9-16-8-3-5-11-18(16)24/h2-5,7-8,10-11,13-14H,6,9,12H2,1H3,(H,21,22,23). The summed E-state index contributed by atoms with van der Waals surface area (Å²) in [6.45, 7) is 3.07. The van der Waals surface area contributed by atoms with Gasteiger partial charge in [-0.1, -0.05) is 36.4 Å². The molecule has 0 unspecified atom stereocenters. The lowest BCUT2D eigenvalue weighted by molar-refractivity contribution is 0.758. The summed E-state index contributed by atoms with van der Waals surface area (Å²) in [5, 5.41) is 3.40. The van der Waals surface area contributed by atoms with Crippen LogP contribution < -0.4 is 10.2 Å². The quantitative estimate of drug-likeness (QED) is 0.766. The first-order valence-electron chi connectivity index (χ1n) is 8.31. The minimum atomic E-state index is 0.817. The van der Waals surface area contributed by atoms with Crippen molar-refractivity contribution < 1.29 is 0 Å². The number of nitrogens with one attached hydrogen (secondary N) is 1. The van der Waals surface area contributed by atoms with Crippen molar-refractivity contribution in [2.24, 2.45) is 0 Å². The monoisotopic (exact) mass is 316 g/mol. The summed E-state index contributed by atoms with van der Waals surface area (Å²) in [7, 11) is 0. The minimum absolute atomic E-state index is 0.817. The highest BCUT2D eigenvalue weighted by molar-refractivity contribution is 5.68. The zero-order chi connectivity index (χ0) is 16.4. The summed E-state index contributed by atoms with van der Waals surface area (Å²) >= 11 is 0. The fourth-order valence-electron chi connectivity index (χ4n) is 3.19. The van der Waals surface area contributed by atoms with Crippen LogP contribution in [0, 0.1) is 6.92 Å². The number of benzene rings is 2. The third-order valence-electron chi connectivity index (χ3n) is 4.45. The van der Waals surface area contributed by atoms with Gasteiger partial charge in [0.05, 0.1) is 0 Å². The second kappa shape index (κ2) is 6.32. The molecule has 0 saturated carbocycles. The normalized spacial score (nSPS) is 13.5. The van der Waals surface area contributed by atoms with E-state index in [0.717, 1.165) is 36.7 Å². The van der Waals surface area contributed by atoms with Crippen LogP contribution in [0.2, 0.25) is 0 Å². The molecule has 0 aliphatic carbocycles. The molecule has 1 aromatic heterocycles. The van der Waals surface area contributed by atoms with Gasteiger partial charge in [-0.05, 0) is 43.0 Å². The average Bonchev–Trinajstić information content (AvgIpc) is 2.63. The Morgan fingerprint density at radius 3 is 2.75 bits per heavy atom. The molecule has 0 atom stereocenters. The second-order valence-corrected chi connectivity index (χ2v) is 6.09. The lowest BCUT2D eigenvalue weighted by atomic mass is 10.0. The van der Waals surface area contributed by atoms with Gasteiger partial charge in [0, 0.05) is 24.0 Å². The maximum absolute atomic E-state index is 4.50. The van der Waals surface area contributed by atoms with Crippen molar-refractivity contribution in [3.8, 4) is 0 Å². The highest BCUT2D eigenvalue weighted by Gasteiger charge is 2.19. The Labute approximate surface area is 142 Å². The molecule has 0 amide bonds. The van der Waals surface area contributed by atoms with E-state index in [2.05, 4.69) is 63.5 Å². The predicted octanol–water partition coefficient (Wildman–Crippen LogP) is 4.61. The molecular formula is C20H20N4. The number of hydrogen-bond donors (Lipinski definition) is 1.